The van der Waals surface area contributed by atoms with Crippen LogP contribution in [0.1, 0.15) is 31.5 Å². The van der Waals surface area contributed by atoms with Gasteiger partial charge in [0.2, 0.25) is 5.91 Å². The molecule has 0 radical (unpaired) electrons. The van der Waals surface area contributed by atoms with Crippen LogP contribution in [0.4, 0.5) is 5.69 Å². The lowest BCUT2D eigenvalue weighted by atomic mass is 9.85. The summed E-state index contributed by atoms with van der Waals surface area (Å²) in [7, 11) is 1.67. The summed E-state index contributed by atoms with van der Waals surface area (Å²) < 4.78 is 11.0. The van der Waals surface area contributed by atoms with Gasteiger partial charge >= 0.3 is 0 Å². The number of aryl methyl sites for hydroxylation is 1. The van der Waals surface area contributed by atoms with Gasteiger partial charge in [-0.2, -0.15) is 0 Å². The first-order valence-corrected chi connectivity index (χ1v) is 9.78. The van der Waals surface area contributed by atoms with Crippen molar-refractivity contribution in [3.63, 3.8) is 0 Å². The number of rotatable bonds is 5. The molecule has 0 fully saturated rings. The van der Waals surface area contributed by atoms with Crippen molar-refractivity contribution in [3.05, 3.63) is 53.7 Å². The summed E-state index contributed by atoms with van der Waals surface area (Å²) in [5.74, 6) is 1.68. The third-order valence-corrected chi connectivity index (χ3v) is 5.26. The van der Waals surface area contributed by atoms with E-state index in [4.69, 9.17) is 9.47 Å². The van der Waals surface area contributed by atoms with Crippen molar-refractivity contribution >= 4 is 22.5 Å². The number of aromatic nitrogens is 1. The fraction of sp³-hybridized carbons (Fsp3) is 0.348. The summed E-state index contributed by atoms with van der Waals surface area (Å²) in [4.78, 5) is 16.3. The topological polar surface area (TPSA) is 63.4 Å². The van der Waals surface area contributed by atoms with Crippen molar-refractivity contribution in [2.45, 2.75) is 39.2 Å². The summed E-state index contributed by atoms with van der Waals surface area (Å²) in [6.07, 6.45) is 2.60. The van der Waals surface area contributed by atoms with E-state index in [9.17, 15) is 4.79 Å². The third kappa shape index (κ3) is 3.70. The molecule has 0 aliphatic heterocycles. The van der Waals surface area contributed by atoms with E-state index in [0.29, 0.717) is 0 Å². The first-order valence-electron chi connectivity index (χ1n) is 9.78. The monoisotopic (exact) mass is 378 g/mol. The van der Waals surface area contributed by atoms with Crippen LogP contribution < -0.4 is 14.8 Å². The Morgan fingerprint density at radius 3 is 2.61 bits per heavy atom. The van der Waals surface area contributed by atoms with Crippen LogP contribution in [0.2, 0.25) is 0 Å². The maximum atomic E-state index is 12.8. The van der Waals surface area contributed by atoms with E-state index in [1.54, 1.807) is 7.11 Å². The Balaban J connectivity index is 1.48. The van der Waals surface area contributed by atoms with Gasteiger partial charge in [0.15, 0.2) is 0 Å². The predicted octanol–water partition coefficient (Wildman–Crippen LogP) is 4.71. The smallest absolute Gasteiger partial charge is 0.227 e. The van der Waals surface area contributed by atoms with Gasteiger partial charge in [0.1, 0.15) is 11.5 Å². The minimum atomic E-state index is -0.0377. The number of anilines is 1. The van der Waals surface area contributed by atoms with Gasteiger partial charge in [0, 0.05) is 28.2 Å². The molecule has 1 aliphatic rings. The van der Waals surface area contributed by atoms with Crippen LogP contribution in [0, 0.1) is 5.92 Å². The number of methoxy groups -OCH3 is 1. The quantitative estimate of drug-likeness (QED) is 0.676. The van der Waals surface area contributed by atoms with E-state index in [2.05, 4.69) is 16.4 Å². The number of hydrogen-bond acceptors (Lipinski definition) is 3. The molecule has 4 rings (SSSR count). The fourth-order valence-corrected chi connectivity index (χ4v) is 3.88. The molecule has 1 unspecified atom stereocenters. The summed E-state index contributed by atoms with van der Waals surface area (Å²) in [5.41, 5.74) is 4.38. The number of fused-ring (bicyclic) bond motifs is 3. The van der Waals surface area contributed by atoms with Crippen LogP contribution in [-0.2, 0) is 17.6 Å². The molecule has 1 heterocycles. The molecule has 0 saturated heterocycles. The average molecular weight is 378 g/mol. The molecular weight excluding hydrogens is 352 g/mol. The highest BCUT2D eigenvalue weighted by atomic mass is 16.5. The van der Waals surface area contributed by atoms with E-state index < -0.39 is 0 Å². The number of amides is 1. The lowest BCUT2D eigenvalue weighted by Gasteiger charge is -2.22. The molecule has 1 aliphatic carbocycles. The number of H-pyrrole nitrogens is 1. The maximum Gasteiger partial charge on any atom is 0.227 e. The first kappa shape index (κ1) is 18.4. The van der Waals surface area contributed by atoms with Crippen LogP contribution in [-0.4, -0.2) is 24.1 Å². The van der Waals surface area contributed by atoms with Gasteiger partial charge in [0.25, 0.3) is 0 Å². The predicted molar refractivity (Wildman–Crippen MR) is 111 cm³/mol. The van der Waals surface area contributed by atoms with Crippen molar-refractivity contribution in [1.29, 1.82) is 0 Å². The molecule has 28 heavy (non-hydrogen) atoms. The molecule has 0 bridgehead atoms. The van der Waals surface area contributed by atoms with E-state index in [1.807, 2.05) is 50.2 Å². The zero-order valence-electron chi connectivity index (χ0n) is 16.5. The second-order valence-electron chi connectivity index (χ2n) is 7.61. The standard InChI is InChI=1S/C23H26N2O3/c1-14(2)28-17-7-5-16(6-8-17)24-23(26)15-4-10-21-19(12-15)20-13-18(27-3)9-11-22(20)25-21/h5-9,11,13-15,25H,4,10,12H2,1-3H3,(H,24,26). The molecule has 0 saturated carbocycles. The number of carbonyl (C=O) groups excluding carboxylic acids is 1. The van der Waals surface area contributed by atoms with Gasteiger partial charge < -0.3 is 19.8 Å². The minimum absolute atomic E-state index is 0.0377. The number of benzene rings is 2. The van der Waals surface area contributed by atoms with Gasteiger partial charge in [-0.25, -0.2) is 0 Å². The highest BCUT2D eigenvalue weighted by molar-refractivity contribution is 5.94. The van der Waals surface area contributed by atoms with Crippen molar-refractivity contribution in [3.8, 4) is 11.5 Å². The van der Waals surface area contributed by atoms with E-state index in [1.165, 1.54) is 11.3 Å². The number of hydrogen-bond donors (Lipinski definition) is 2. The average Bonchev–Trinajstić information content (AvgIpc) is 3.06. The Labute approximate surface area is 165 Å². The molecule has 2 aromatic carbocycles. The lowest BCUT2D eigenvalue weighted by Crippen LogP contribution is -2.28. The Hall–Kier alpha value is -2.95. The SMILES string of the molecule is COc1ccc2[nH]c3c(c2c1)CC(C(=O)Nc1ccc(OC(C)C)cc1)CC3. The van der Waals surface area contributed by atoms with Crippen LogP contribution in [0.5, 0.6) is 11.5 Å². The maximum absolute atomic E-state index is 12.8. The Kier molecular flexibility index (Phi) is 4.99. The van der Waals surface area contributed by atoms with Crippen LogP contribution in [0.15, 0.2) is 42.5 Å². The van der Waals surface area contributed by atoms with Crippen LogP contribution in [0.3, 0.4) is 0 Å². The Morgan fingerprint density at radius 1 is 1.14 bits per heavy atom. The molecule has 1 aromatic heterocycles. The molecule has 146 valence electrons. The van der Waals surface area contributed by atoms with Crippen molar-refractivity contribution in [1.82, 2.24) is 4.98 Å². The number of carbonyl (C=O) groups is 1. The molecule has 2 N–H and O–H groups in total. The van der Waals surface area contributed by atoms with Crippen molar-refractivity contribution in [2.24, 2.45) is 5.92 Å². The van der Waals surface area contributed by atoms with Crippen LogP contribution >= 0.6 is 0 Å². The third-order valence-electron chi connectivity index (χ3n) is 5.26. The number of ether oxygens (including phenoxy) is 2. The molecular formula is C23H26N2O3. The molecule has 5 heteroatoms. The zero-order valence-corrected chi connectivity index (χ0v) is 16.5. The fourth-order valence-electron chi connectivity index (χ4n) is 3.88. The molecule has 3 aromatic rings. The van der Waals surface area contributed by atoms with Crippen LogP contribution in [0.25, 0.3) is 10.9 Å². The Bertz CT molecular complexity index is 989. The minimum Gasteiger partial charge on any atom is -0.497 e. The zero-order chi connectivity index (χ0) is 19.7. The van der Waals surface area contributed by atoms with Gasteiger partial charge in [0.05, 0.1) is 13.2 Å². The van der Waals surface area contributed by atoms with E-state index >= 15 is 0 Å². The second kappa shape index (κ2) is 7.58. The summed E-state index contributed by atoms with van der Waals surface area (Å²) >= 11 is 0. The summed E-state index contributed by atoms with van der Waals surface area (Å²) in [5, 5.41) is 4.21. The van der Waals surface area contributed by atoms with Gasteiger partial charge in [-0.3, -0.25) is 4.79 Å². The first-order chi connectivity index (χ1) is 13.5. The Morgan fingerprint density at radius 2 is 1.89 bits per heavy atom. The molecule has 0 spiro atoms. The highest BCUT2D eigenvalue weighted by Crippen LogP contribution is 2.34. The molecule has 1 atom stereocenters. The van der Waals surface area contributed by atoms with Gasteiger partial charge in [-0.15, -0.1) is 0 Å². The van der Waals surface area contributed by atoms with Gasteiger partial charge in [-0.05, 0) is 81.1 Å². The van der Waals surface area contributed by atoms with E-state index in [-0.39, 0.29) is 17.9 Å². The number of nitrogens with one attached hydrogen (secondary N) is 2. The molecule has 1 amide bonds. The summed E-state index contributed by atoms with van der Waals surface area (Å²) in [6, 6.07) is 13.6. The second-order valence-corrected chi connectivity index (χ2v) is 7.61. The largest absolute Gasteiger partial charge is 0.497 e. The van der Waals surface area contributed by atoms with Gasteiger partial charge in [-0.1, -0.05) is 0 Å². The van der Waals surface area contributed by atoms with E-state index in [0.717, 1.165) is 47.4 Å². The summed E-state index contributed by atoms with van der Waals surface area (Å²) in [6.45, 7) is 3.99. The van der Waals surface area contributed by atoms with Crippen molar-refractivity contribution in [2.75, 3.05) is 12.4 Å². The lowest BCUT2D eigenvalue weighted by molar-refractivity contribution is -0.120. The molecule has 5 nitrogen and oxygen atoms in total. The number of aromatic amines is 1. The van der Waals surface area contributed by atoms with Crippen molar-refractivity contribution < 1.29 is 14.3 Å². The highest BCUT2D eigenvalue weighted by Gasteiger charge is 2.27. The normalized spacial score (nSPS) is 16.1.